The highest BCUT2D eigenvalue weighted by Gasteiger charge is 2.01. The number of aryl methyl sites for hydroxylation is 1. The fourth-order valence-electron chi connectivity index (χ4n) is 1.30. The first kappa shape index (κ1) is 12.2. The highest BCUT2D eigenvalue weighted by atomic mass is 16.5. The van der Waals surface area contributed by atoms with Crippen molar-refractivity contribution in [1.29, 1.82) is 0 Å². The summed E-state index contributed by atoms with van der Waals surface area (Å²) < 4.78 is 10.5. The SMILES string of the molecule is CC#Cc1ccc(C)c(O/C(C)=C/OC)c1. The second-order valence-corrected chi connectivity index (χ2v) is 3.42. The molecule has 0 saturated heterocycles. The van der Waals surface area contributed by atoms with Crippen LogP contribution >= 0.6 is 0 Å². The van der Waals surface area contributed by atoms with E-state index < -0.39 is 0 Å². The number of rotatable bonds is 3. The third-order valence-corrected chi connectivity index (χ3v) is 2.01. The smallest absolute Gasteiger partial charge is 0.135 e. The molecule has 16 heavy (non-hydrogen) atoms. The van der Waals surface area contributed by atoms with E-state index in [0.29, 0.717) is 5.76 Å². The molecule has 0 atom stereocenters. The zero-order valence-corrected chi connectivity index (χ0v) is 10.1. The van der Waals surface area contributed by atoms with Crippen molar-refractivity contribution >= 4 is 0 Å². The minimum Gasteiger partial charge on any atom is -0.501 e. The summed E-state index contributed by atoms with van der Waals surface area (Å²) in [5.41, 5.74) is 2.03. The lowest BCUT2D eigenvalue weighted by atomic mass is 10.1. The Morgan fingerprint density at radius 3 is 2.75 bits per heavy atom. The minimum atomic E-state index is 0.715. The van der Waals surface area contributed by atoms with Crippen LogP contribution in [0, 0.1) is 18.8 Å². The monoisotopic (exact) mass is 216 g/mol. The summed E-state index contributed by atoms with van der Waals surface area (Å²) in [6.45, 7) is 5.66. The molecule has 1 aromatic carbocycles. The quantitative estimate of drug-likeness (QED) is 0.570. The molecule has 1 rings (SSSR count). The number of benzene rings is 1. The van der Waals surface area contributed by atoms with Gasteiger partial charge in [-0.05, 0) is 38.5 Å². The maximum Gasteiger partial charge on any atom is 0.135 e. The molecule has 0 aromatic heterocycles. The van der Waals surface area contributed by atoms with Crippen LogP contribution in [0.5, 0.6) is 5.75 Å². The largest absolute Gasteiger partial charge is 0.501 e. The third-order valence-electron chi connectivity index (χ3n) is 2.01. The molecule has 0 unspecified atom stereocenters. The Morgan fingerprint density at radius 1 is 1.38 bits per heavy atom. The van der Waals surface area contributed by atoms with Gasteiger partial charge >= 0.3 is 0 Å². The summed E-state index contributed by atoms with van der Waals surface area (Å²) in [4.78, 5) is 0. The predicted molar refractivity (Wildman–Crippen MR) is 65.1 cm³/mol. The van der Waals surface area contributed by atoms with Crippen LogP contribution in [0.1, 0.15) is 25.0 Å². The van der Waals surface area contributed by atoms with Crippen molar-refractivity contribution < 1.29 is 9.47 Å². The zero-order valence-electron chi connectivity index (χ0n) is 10.1. The van der Waals surface area contributed by atoms with Gasteiger partial charge in [0.05, 0.1) is 7.11 Å². The molecule has 0 bridgehead atoms. The molecule has 0 fully saturated rings. The van der Waals surface area contributed by atoms with E-state index in [-0.39, 0.29) is 0 Å². The summed E-state index contributed by atoms with van der Waals surface area (Å²) in [5.74, 6) is 7.39. The first-order valence-corrected chi connectivity index (χ1v) is 5.08. The normalized spacial score (nSPS) is 10.4. The first-order chi connectivity index (χ1) is 7.67. The van der Waals surface area contributed by atoms with Gasteiger partial charge in [-0.25, -0.2) is 0 Å². The molecule has 0 saturated carbocycles. The second kappa shape index (κ2) is 5.87. The molecule has 0 radical (unpaired) electrons. The maximum atomic E-state index is 5.64. The molecule has 0 N–H and O–H groups in total. The highest BCUT2D eigenvalue weighted by Crippen LogP contribution is 2.21. The average Bonchev–Trinajstić information content (AvgIpc) is 2.24. The Balaban J connectivity index is 2.97. The van der Waals surface area contributed by atoms with Gasteiger partial charge in [0.1, 0.15) is 17.8 Å². The van der Waals surface area contributed by atoms with E-state index in [0.717, 1.165) is 16.9 Å². The van der Waals surface area contributed by atoms with Crippen LogP contribution in [0.4, 0.5) is 0 Å². The first-order valence-electron chi connectivity index (χ1n) is 5.08. The van der Waals surface area contributed by atoms with Gasteiger partial charge in [0.25, 0.3) is 0 Å². The van der Waals surface area contributed by atoms with Gasteiger partial charge < -0.3 is 9.47 Å². The number of allylic oxidation sites excluding steroid dienone is 1. The topological polar surface area (TPSA) is 18.5 Å². The van der Waals surface area contributed by atoms with E-state index in [4.69, 9.17) is 9.47 Å². The Hall–Kier alpha value is -1.88. The van der Waals surface area contributed by atoms with Gasteiger partial charge in [0.2, 0.25) is 0 Å². The van der Waals surface area contributed by atoms with Gasteiger partial charge in [-0.2, -0.15) is 0 Å². The van der Waals surface area contributed by atoms with Gasteiger partial charge in [0, 0.05) is 5.56 Å². The summed E-state index contributed by atoms with van der Waals surface area (Å²) in [6.07, 6.45) is 1.57. The fraction of sp³-hybridized carbons (Fsp3) is 0.286. The minimum absolute atomic E-state index is 0.715. The fourth-order valence-corrected chi connectivity index (χ4v) is 1.30. The molecule has 84 valence electrons. The van der Waals surface area contributed by atoms with Crippen molar-refractivity contribution in [3.05, 3.63) is 41.3 Å². The van der Waals surface area contributed by atoms with E-state index >= 15 is 0 Å². The molecular weight excluding hydrogens is 200 g/mol. The van der Waals surface area contributed by atoms with Crippen molar-refractivity contribution in [2.24, 2.45) is 0 Å². The Morgan fingerprint density at radius 2 is 2.12 bits per heavy atom. The highest BCUT2D eigenvalue weighted by molar-refractivity contribution is 5.44. The van der Waals surface area contributed by atoms with Crippen molar-refractivity contribution in [3.8, 4) is 17.6 Å². The molecular formula is C14H16O2. The van der Waals surface area contributed by atoms with Gasteiger partial charge in [-0.15, -0.1) is 5.92 Å². The van der Waals surface area contributed by atoms with E-state index in [2.05, 4.69) is 11.8 Å². The van der Waals surface area contributed by atoms with Crippen LogP contribution in [-0.2, 0) is 4.74 Å². The van der Waals surface area contributed by atoms with Crippen molar-refractivity contribution in [1.82, 2.24) is 0 Å². The Bertz CT molecular complexity index is 448. The van der Waals surface area contributed by atoms with E-state index in [9.17, 15) is 0 Å². The molecule has 2 heteroatoms. The summed E-state index contributed by atoms with van der Waals surface area (Å²) in [7, 11) is 1.60. The molecule has 0 heterocycles. The summed E-state index contributed by atoms with van der Waals surface area (Å²) in [5, 5.41) is 0. The molecule has 2 nitrogen and oxygen atoms in total. The number of hydrogen-bond donors (Lipinski definition) is 0. The van der Waals surface area contributed by atoms with Crippen LogP contribution in [-0.4, -0.2) is 7.11 Å². The third kappa shape index (κ3) is 3.36. The lowest BCUT2D eigenvalue weighted by Crippen LogP contribution is -1.94. The van der Waals surface area contributed by atoms with Crippen LogP contribution < -0.4 is 4.74 Å². The number of ether oxygens (including phenoxy) is 2. The molecule has 0 aliphatic carbocycles. The van der Waals surface area contributed by atoms with E-state index in [1.165, 1.54) is 0 Å². The maximum absolute atomic E-state index is 5.64. The number of hydrogen-bond acceptors (Lipinski definition) is 2. The average molecular weight is 216 g/mol. The van der Waals surface area contributed by atoms with Crippen molar-refractivity contribution in [3.63, 3.8) is 0 Å². The van der Waals surface area contributed by atoms with Crippen molar-refractivity contribution in [2.75, 3.05) is 7.11 Å². The molecule has 0 aliphatic heterocycles. The molecule has 1 aromatic rings. The van der Waals surface area contributed by atoms with Gasteiger partial charge in [-0.1, -0.05) is 12.0 Å². The Kier molecular flexibility index (Phi) is 4.47. The van der Waals surface area contributed by atoms with Gasteiger partial charge in [0.15, 0.2) is 0 Å². The van der Waals surface area contributed by atoms with Crippen molar-refractivity contribution in [2.45, 2.75) is 20.8 Å². The molecule has 0 amide bonds. The lowest BCUT2D eigenvalue weighted by molar-refractivity contribution is 0.304. The van der Waals surface area contributed by atoms with E-state index in [1.54, 1.807) is 13.4 Å². The standard InChI is InChI=1S/C14H16O2/c1-5-6-13-8-7-11(2)14(9-13)16-12(3)10-15-4/h7-10H,1-4H3/b12-10+. The summed E-state index contributed by atoms with van der Waals surface area (Å²) in [6, 6.07) is 5.90. The predicted octanol–water partition coefficient (Wildman–Crippen LogP) is 3.25. The van der Waals surface area contributed by atoms with Gasteiger partial charge in [-0.3, -0.25) is 0 Å². The Labute approximate surface area is 96.9 Å². The van der Waals surface area contributed by atoms with Crippen LogP contribution in [0.2, 0.25) is 0 Å². The van der Waals surface area contributed by atoms with Crippen LogP contribution in [0.15, 0.2) is 30.2 Å². The number of methoxy groups -OCH3 is 1. The second-order valence-electron chi connectivity index (χ2n) is 3.42. The zero-order chi connectivity index (χ0) is 12.0. The van der Waals surface area contributed by atoms with Crippen LogP contribution in [0.3, 0.4) is 0 Å². The van der Waals surface area contributed by atoms with Crippen LogP contribution in [0.25, 0.3) is 0 Å². The lowest BCUT2D eigenvalue weighted by Gasteiger charge is -2.08. The summed E-state index contributed by atoms with van der Waals surface area (Å²) >= 11 is 0. The molecule has 0 spiro atoms. The molecule has 0 aliphatic rings. The van der Waals surface area contributed by atoms with E-state index in [1.807, 2.05) is 39.0 Å².